The van der Waals surface area contributed by atoms with Crippen LogP contribution in [0, 0.1) is 5.82 Å². The summed E-state index contributed by atoms with van der Waals surface area (Å²) in [7, 11) is 0. The fourth-order valence-corrected chi connectivity index (χ4v) is 3.16. The van der Waals surface area contributed by atoms with Gasteiger partial charge in [-0.15, -0.1) is 0 Å². The Morgan fingerprint density at radius 1 is 1.23 bits per heavy atom. The van der Waals surface area contributed by atoms with Crippen LogP contribution >= 0.6 is 15.9 Å². The summed E-state index contributed by atoms with van der Waals surface area (Å²) >= 11 is 3.27. The summed E-state index contributed by atoms with van der Waals surface area (Å²) in [6.45, 7) is 2.30. The summed E-state index contributed by atoms with van der Waals surface area (Å²) in [5.41, 5.74) is 4.03. The molecule has 116 valence electrons. The van der Waals surface area contributed by atoms with E-state index in [0.29, 0.717) is 5.56 Å². The maximum Gasteiger partial charge on any atom is 0.141 e. The summed E-state index contributed by atoms with van der Waals surface area (Å²) in [6.07, 6.45) is 5.37. The van der Waals surface area contributed by atoms with Crippen molar-refractivity contribution in [2.75, 3.05) is 0 Å². The van der Waals surface area contributed by atoms with Crippen molar-refractivity contribution >= 4 is 15.9 Å². The van der Waals surface area contributed by atoms with Gasteiger partial charge >= 0.3 is 0 Å². The zero-order valence-electron chi connectivity index (χ0n) is 12.7. The van der Waals surface area contributed by atoms with Crippen molar-refractivity contribution in [3.05, 3.63) is 57.1 Å². The first-order valence-electron chi connectivity index (χ1n) is 7.75. The van der Waals surface area contributed by atoms with Crippen LogP contribution in [0.25, 0.3) is 0 Å². The number of rotatable bonds is 4. The molecule has 2 nitrogen and oxygen atoms in total. The van der Waals surface area contributed by atoms with Gasteiger partial charge in [-0.1, -0.05) is 28.9 Å². The molecule has 3 rings (SSSR count). The molecule has 22 heavy (non-hydrogen) atoms. The second-order valence-corrected chi connectivity index (χ2v) is 6.54. The van der Waals surface area contributed by atoms with E-state index in [1.54, 1.807) is 6.07 Å². The topological polar surface area (TPSA) is 22.1 Å². The average molecular weight is 364 g/mol. The number of hydrogen-bond donors (Lipinski definition) is 0. The summed E-state index contributed by atoms with van der Waals surface area (Å²) in [6, 6.07) is 7.14. The first-order chi connectivity index (χ1) is 10.7. The molecule has 0 unspecified atom stereocenters. The molecule has 0 saturated heterocycles. The lowest BCUT2D eigenvalue weighted by molar-refractivity contribution is 0.294. The second-order valence-electron chi connectivity index (χ2n) is 5.62. The molecule has 0 amide bonds. The highest BCUT2D eigenvalue weighted by Crippen LogP contribution is 2.28. The highest BCUT2D eigenvalue weighted by atomic mass is 79.9. The van der Waals surface area contributed by atoms with Gasteiger partial charge in [0.2, 0.25) is 0 Å². The first kappa shape index (κ1) is 15.5. The molecule has 0 aliphatic heterocycles. The van der Waals surface area contributed by atoms with Crippen LogP contribution in [0.4, 0.5) is 4.39 Å². The molecule has 0 bridgehead atoms. The molecule has 0 atom stereocenters. The molecule has 0 fully saturated rings. The van der Waals surface area contributed by atoms with Gasteiger partial charge in [0.05, 0.1) is 5.69 Å². The Labute approximate surface area is 138 Å². The Morgan fingerprint density at radius 3 is 2.82 bits per heavy atom. The molecule has 2 aromatic rings. The van der Waals surface area contributed by atoms with E-state index in [4.69, 9.17) is 9.72 Å². The van der Waals surface area contributed by atoms with E-state index in [9.17, 15) is 4.39 Å². The maximum absolute atomic E-state index is 13.9. The molecule has 1 heterocycles. The summed E-state index contributed by atoms with van der Waals surface area (Å²) < 4.78 is 20.5. The van der Waals surface area contributed by atoms with Gasteiger partial charge in [-0.3, -0.25) is 4.98 Å². The van der Waals surface area contributed by atoms with E-state index in [2.05, 4.69) is 28.9 Å². The minimum absolute atomic E-state index is 0.229. The second kappa shape index (κ2) is 6.78. The van der Waals surface area contributed by atoms with Gasteiger partial charge in [-0.25, -0.2) is 4.39 Å². The predicted octanol–water partition coefficient (Wildman–Crippen LogP) is 5.00. The van der Waals surface area contributed by atoms with Crippen LogP contribution in [0.5, 0.6) is 5.75 Å². The Balaban J connectivity index is 1.82. The monoisotopic (exact) mass is 363 g/mol. The van der Waals surface area contributed by atoms with E-state index < -0.39 is 0 Å². The molecule has 0 spiro atoms. The fourth-order valence-electron chi connectivity index (χ4n) is 2.83. The lowest BCUT2D eigenvalue weighted by atomic mass is 9.95. The van der Waals surface area contributed by atoms with Gasteiger partial charge in [-0.05, 0) is 55.9 Å². The predicted molar refractivity (Wildman–Crippen MR) is 88.7 cm³/mol. The Hall–Kier alpha value is -1.42. The van der Waals surface area contributed by atoms with E-state index >= 15 is 0 Å². The van der Waals surface area contributed by atoms with Gasteiger partial charge < -0.3 is 4.74 Å². The molecular weight excluding hydrogens is 345 g/mol. The van der Waals surface area contributed by atoms with E-state index in [0.717, 1.165) is 35.2 Å². The van der Waals surface area contributed by atoms with Crippen LogP contribution in [-0.2, 0) is 25.9 Å². The van der Waals surface area contributed by atoms with E-state index in [-0.39, 0.29) is 12.4 Å². The third kappa shape index (κ3) is 3.32. The molecule has 1 aliphatic rings. The van der Waals surface area contributed by atoms with E-state index in [1.807, 2.05) is 6.07 Å². The number of fused-ring (bicyclic) bond motifs is 1. The molecule has 0 saturated carbocycles. The fraction of sp³-hybridized carbons (Fsp3) is 0.389. The number of aryl methyl sites for hydroxylation is 3. The number of pyridine rings is 1. The Kier molecular flexibility index (Phi) is 4.77. The van der Waals surface area contributed by atoms with Crippen molar-refractivity contribution in [3.8, 4) is 5.75 Å². The summed E-state index contributed by atoms with van der Waals surface area (Å²) in [5.74, 6) is 0.545. The molecule has 1 aromatic carbocycles. The number of halogens is 2. The van der Waals surface area contributed by atoms with Gasteiger partial charge in [0.25, 0.3) is 0 Å². The van der Waals surface area contributed by atoms with Gasteiger partial charge in [-0.2, -0.15) is 0 Å². The van der Waals surface area contributed by atoms with Gasteiger partial charge in [0, 0.05) is 15.7 Å². The van der Waals surface area contributed by atoms with Crippen molar-refractivity contribution in [2.45, 2.75) is 45.6 Å². The van der Waals surface area contributed by atoms with Crippen LogP contribution < -0.4 is 4.74 Å². The SMILES string of the molecule is CCc1nc2c(cc1OCc1ccc(Br)cc1F)CCCC2. The molecule has 4 heteroatoms. The summed E-state index contributed by atoms with van der Waals surface area (Å²) in [4.78, 5) is 4.75. The molecule has 1 aromatic heterocycles. The zero-order chi connectivity index (χ0) is 15.5. The lowest BCUT2D eigenvalue weighted by Gasteiger charge is -2.19. The Morgan fingerprint density at radius 2 is 2.05 bits per heavy atom. The zero-order valence-corrected chi connectivity index (χ0v) is 14.2. The quantitative estimate of drug-likeness (QED) is 0.762. The minimum Gasteiger partial charge on any atom is -0.487 e. The maximum atomic E-state index is 13.9. The van der Waals surface area contributed by atoms with Crippen LogP contribution in [0.1, 0.15) is 42.3 Å². The standard InChI is InChI=1S/C18H19BrFNO/c1-2-16-18(9-12-5-3-4-6-17(12)21-16)22-11-13-7-8-14(19)10-15(13)20/h7-10H,2-6,11H2,1H3. The van der Waals surface area contributed by atoms with Crippen LogP contribution in [0.2, 0.25) is 0 Å². The van der Waals surface area contributed by atoms with Crippen LogP contribution in [0.15, 0.2) is 28.7 Å². The number of nitrogens with zero attached hydrogens (tertiary/aromatic N) is 1. The number of hydrogen-bond acceptors (Lipinski definition) is 2. The van der Waals surface area contributed by atoms with Crippen molar-refractivity contribution in [1.29, 1.82) is 0 Å². The van der Waals surface area contributed by atoms with Crippen molar-refractivity contribution in [3.63, 3.8) is 0 Å². The van der Waals surface area contributed by atoms with Crippen LogP contribution in [-0.4, -0.2) is 4.98 Å². The first-order valence-corrected chi connectivity index (χ1v) is 8.55. The number of ether oxygens (including phenoxy) is 1. The van der Waals surface area contributed by atoms with E-state index in [1.165, 1.54) is 30.2 Å². The van der Waals surface area contributed by atoms with Crippen molar-refractivity contribution < 1.29 is 9.13 Å². The minimum atomic E-state index is -0.252. The Bertz CT molecular complexity index is 687. The number of benzene rings is 1. The third-order valence-electron chi connectivity index (χ3n) is 4.07. The number of aromatic nitrogens is 1. The smallest absolute Gasteiger partial charge is 0.141 e. The van der Waals surface area contributed by atoms with Gasteiger partial charge in [0.15, 0.2) is 0 Å². The molecule has 0 radical (unpaired) electrons. The normalized spacial score (nSPS) is 13.8. The molecular formula is C18H19BrFNO. The molecule has 1 aliphatic carbocycles. The van der Waals surface area contributed by atoms with Gasteiger partial charge in [0.1, 0.15) is 18.2 Å². The largest absolute Gasteiger partial charge is 0.487 e. The molecule has 0 N–H and O–H groups in total. The lowest BCUT2D eigenvalue weighted by Crippen LogP contribution is -2.09. The highest BCUT2D eigenvalue weighted by molar-refractivity contribution is 9.10. The third-order valence-corrected chi connectivity index (χ3v) is 4.57. The van der Waals surface area contributed by atoms with Crippen LogP contribution in [0.3, 0.4) is 0 Å². The highest BCUT2D eigenvalue weighted by Gasteiger charge is 2.15. The summed E-state index contributed by atoms with van der Waals surface area (Å²) in [5, 5.41) is 0. The van der Waals surface area contributed by atoms with Crippen molar-refractivity contribution in [1.82, 2.24) is 4.98 Å². The van der Waals surface area contributed by atoms with Crippen molar-refractivity contribution in [2.24, 2.45) is 0 Å². The average Bonchev–Trinajstić information content (AvgIpc) is 2.53.